The van der Waals surface area contributed by atoms with Crippen LogP contribution in [0.3, 0.4) is 0 Å². The van der Waals surface area contributed by atoms with Gasteiger partial charge in [-0.15, -0.1) is 0 Å². The minimum Gasteiger partial charge on any atom is -0.343 e. The van der Waals surface area contributed by atoms with Crippen molar-refractivity contribution < 1.29 is 14.3 Å². The molecule has 7 heteroatoms. The zero-order valence-electron chi connectivity index (χ0n) is 13.5. The van der Waals surface area contributed by atoms with Gasteiger partial charge in [-0.25, -0.2) is 0 Å². The molecule has 2 aromatic carbocycles. The second kappa shape index (κ2) is 7.98. The van der Waals surface area contributed by atoms with Crippen LogP contribution in [0.4, 0.5) is 10.5 Å². The maximum absolute atomic E-state index is 12.0. The highest BCUT2D eigenvalue weighted by Crippen LogP contribution is 2.39. The normalized spacial score (nSPS) is 22.8. The van der Waals surface area contributed by atoms with Crippen molar-refractivity contribution in [3.63, 3.8) is 0 Å². The van der Waals surface area contributed by atoms with E-state index in [1.807, 2.05) is 37.3 Å². The Morgan fingerprint density at radius 3 is 2.76 bits per heavy atom. The molecule has 0 spiro atoms. The Bertz CT molecular complexity index is 759. The van der Waals surface area contributed by atoms with Crippen molar-refractivity contribution in [1.29, 1.82) is 0 Å². The van der Waals surface area contributed by atoms with Crippen LogP contribution < -0.4 is 5.32 Å². The zero-order valence-corrected chi connectivity index (χ0v) is 15.8. The highest BCUT2D eigenvalue weighted by molar-refractivity contribution is 8.13. The first-order valence-corrected chi connectivity index (χ1v) is 9.46. The minimum absolute atomic E-state index is 0.132. The summed E-state index contributed by atoms with van der Waals surface area (Å²) in [5.74, 6) is -0.456. The number of nitrogens with one attached hydrogen (secondary N) is 1. The lowest BCUT2D eigenvalue weighted by molar-refractivity contribution is -0.159. The van der Waals surface area contributed by atoms with Gasteiger partial charge in [0.1, 0.15) is 0 Å². The number of halogens is 2. The third-order valence-corrected chi connectivity index (χ3v) is 5.23. The number of benzene rings is 2. The molecule has 2 aromatic rings. The van der Waals surface area contributed by atoms with Crippen LogP contribution in [0.1, 0.15) is 12.5 Å². The van der Waals surface area contributed by atoms with Gasteiger partial charge in [0, 0.05) is 22.0 Å². The first-order valence-electron chi connectivity index (χ1n) is 7.72. The fourth-order valence-electron chi connectivity index (χ4n) is 2.56. The number of amides is 1. The van der Waals surface area contributed by atoms with E-state index in [2.05, 4.69) is 5.32 Å². The van der Waals surface area contributed by atoms with E-state index in [0.717, 1.165) is 23.0 Å². The number of ether oxygens (including phenoxy) is 2. The van der Waals surface area contributed by atoms with Crippen molar-refractivity contribution >= 4 is 45.9 Å². The Balaban J connectivity index is 1.55. The number of anilines is 1. The average molecular weight is 398 g/mol. The third kappa shape index (κ3) is 4.68. The molecule has 1 N–H and O–H groups in total. The lowest BCUT2D eigenvalue weighted by Gasteiger charge is -2.25. The van der Waals surface area contributed by atoms with E-state index in [9.17, 15) is 4.79 Å². The Kier molecular flexibility index (Phi) is 5.92. The maximum Gasteiger partial charge on any atom is 0.283 e. The summed E-state index contributed by atoms with van der Waals surface area (Å²) >= 11 is 13.3. The molecule has 3 rings (SSSR count). The molecular weight excluding hydrogens is 381 g/mol. The quantitative estimate of drug-likeness (QED) is 0.734. The Morgan fingerprint density at radius 2 is 2.04 bits per heavy atom. The van der Waals surface area contributed by atoms with Crippen LogP contribution in [0.25, 0.3) is 0 Å². The summed E-state index contributed by atoms with van der Waals surface area (Å²) in [6.07, 6.45) is -0.205. The largest absolute Gasteiger partial charge is 0.343 e. The van der Waals surface area contributed by atoms with Crippen LogP contribution in [0.15, 0.2) is 48.5 Å². The summed E-state index contributed by atoms with van der Waals surface area (Å²) in [4.78, 5) is 12.0. The fourth-order valence-corrected chi connectivity index (χ4v) is 3.83. The molecule has 0 saturated carbocycles. The highest BCUT2D eigenvalue weighted by atomic mass is 35.5. The van der Waals surface area contributed by atoms with E-state index < -0.39 is 5.79 Å². The van der Waals surface area contributed by atoms with E-state index in [-0.39, 0.29) is 11.3 Å². The molecule has 0 aliphatic carbocycles. The van der Waals surface area contributed by atoms with Crippen LogP contribution >= 0.6 is 35.0 Å². The molecule has 1 fully saturated rings. The van der Waals surface area contributed by atoms with E-state index in [1.165, 1.54) is 0 Å². The van der Waals surface area contributed by atoms with Crippen LogP contribution in [0.2, 0.25) is 10.0 Å². The smallest absolute Gasteiger partial charge is 0.283 e. The lowest BCUT2D eigenvalue weighted by atomic mass is 10.1. The van der Waals surface area contributed by atoms with Gasteiger partial charge in [0.15, 0.2) is 5.79 Å². The van der Waals surface area contributed by atoms with Gasteiger partial charge < -0.3 is 14.8 Å². The molecule has 2 unspecified atom stereocenters. The molecule has 2 atom stereocenters. The van der Waals surface area contributed by atoms with Gasteiger partial charge in [-0.2, -0.15) is 0 Å². The van der Waals surface area contributed by atoms with Crippen LogP contribution in [-0.4, -0.2) is 23.7 Å². The van der Waals surface area contributed by atoms with Crippen LogP contribution in [0.5, 0.6) is 0 Å². The summed E-state index contributed by atoms with van der Waals surface area (Å²) in [6, 6.07) is 14.5. The summed E-state index contributed by atoms with van der Waals surface area (Å²) in [5.41, 5.74) is 1.49. The van der Waals surface area contributed by atoms with Crippen molar-refractivity contribution in [1.82, 2.24) is 0 Å². The van der Waals surface area contributed by atoms with Gasteiger partial charge in [0.2, 0.25) is 0 Å². The third-order valence-electron chi connectivity index (χ3n) is 3.78. The molecule has 1 saturated heterocycles. The summed E-state index contributed by atoms with van der Waals surface area (Å²) in [7, 11) is 0. The van der Waals surface area contributed by atoms with E-state index in [4.69, 9.17) is 32.7 Å². The van der Waals surface area contributed by atoms with Crippen LogP contribution in [0, 0.1) is 0 Å². The predicted molar refractivity (Wildman–Crippen MR) is 103 cm³/mol. The molecule has 4 nitrogen and oxygen atoms in total. The molecule has 1 aliphatic rings. The van der Waals surface area contributed by atoms with E-state index >= 15 is 0 Å². The number of thioether (sulfide) groups is 1. The second-order valence-corrected chi connectivity index (χ2v) is 7.55. The Labute approximate surface area is 160 Å². The molecule has 0 bridgehead atoms. The predicted octanol–water partition coefficient (Wildman–Crippen LogP) is 5.55. The molecule has 132 valence electrons. The number of hydrogen-bond donors (Lipinski definition) is 1. The first kappa shape index (κ1) is 18.5. The van der Waals surface area contributed by atoms with Gasteiger partial charge in [-0.3, -0.25) is 4.79 Å². The number of hydrogen-bond acceptors (Lipinski definition) is 4. The summed E-state index contributed by atoms with van der Waals surface area (Å²) in [6.45, 7) is 2.21. The topological polar surface area (TPSA) is 47.6 Å². The number of carbonyl (C=O) groups excluding carboxylic acids is 1. The highest BCUT2D eigenvalue weighted by Gasteiger charge is 2.40. The number of para-hydroxylation sites is 1. The van der Waals surface area contributed by atoms with Gasteiger partial charge in [0.05, 0.1) is 17.7 Å². The molecule has 1 amide bonds. The van der Waals surface area contributed by atoms with Crippen molar-refractivity contribution in [2.45, 2.75) is 18.8 Å². The fraction of sp³-hybridized carbons (Fsp3) is 0.278. The average Bonchev–Trinajstić information content (AvgIpc) is 2.96. The Hall–Kier alpha value is -1.24. The zero-order chi connectivity index (χ0) is 17.9. The van der Waals surface area contributed by atoms with E-state index in [1.54, 1.807) is 18.2 Å². The first-order chi connectivity index (χ1) is 12.0. The van der Waals surface area contributed by atoms with Crippen molar-refractivity contribution in [3.8, 4) is 0 Å². The van der Waals surface area contributed by atoms with Gasteiger partial charge in [-0.1, -0.05) is 59.2 Å². The SMILES string of the molecule is CC1(c2ccc(Cl)cc2Cl)OCC(CSC(=O)Nc2ccccc2)O1. The van der Waals surface area contributed by atoms with Crippen molar-refractivity contribution in [3.05, 3.63) is 64.1 Å². The standard InChI is InChI=1S/C18H17Cl2NO3S/c1-18(15-8-7-12(19)9-16(15)20)23-10-14(24-18)11-25-17(22)21-13-5-3-2-4-6-13/h2-9,14H,10-11H2,1H3,(H,21,22). The molecule has 0 aromatic heterocycles. The molecule has 0 radical (unpaired) electrons. The van der Waals surface area contributed by atoms with E-state index in [0.29, 0.717) is 22.4 Å². The monoisotopic (exact) mass is 397 g/mol. The summed E-state index contributed by atoms with van der Waals surface area (Å²) < 4.78 is 11.8. The van der Waals surface area contributed by atoms with Crippen LogP contribution in [-0.2, 0) is 15.3 Å². The molecule has 25 heavy (non-hydrogen) atoms. The van der Waals surface area contributed by atoms with Gasteiger partial charge in [-0.05, 0) is 31.2 Å². The van der Waals surface area contributed by atoms with Gasteiger partial charge in [0.25, 0.3) is 5.24 Å². The minimum atomic E-state index is -0.942. The second-order valence-electron chi connectivity index (χ2n) is 5.71. The molecule has 1 aliphatic heterocycles. The number of carbonyl (C=O) groups is 1. The molecular formula is C18H17Cl2NO3S. The molecule has 1 heterocycles. The lowest BCUT2D eigenvalue weighted by Crippen LogP contribution is -2.25. The summed E-state index contributed by atoms with van der Waals surface area (Å²) in [5, 5.41) is 3.74. The van der Waals surface area contributed by atoms with Gasteiger partial charge >= 0.3 is 0 Å². The van der Waals surface area contributed by atoms with Crippen molar-refractivity contribution in [2.75, 3.05) is 17.7 Å². The van der Waals surface area contributed by atoms with Crippen molar-refractivity contribution in [2.24, 2.45) is 0 Å². The Morgan fingerprint density at radius 1 is 1.28 bits per heavy atom. The maximum atomic E-state index is 12.0. The number of rotatable bonds is 4.